The lowest BCUT2D eigenvalue weighted by atomic mass is 10.1. The third-order valence-corrected chi connectivity index (χ3v) is 4.17. The Kier molecular flexibility index (Phi) is 3.19. The van der Waals surface area contributed by atoms with Gasteiger partial charge in [-0.2, -0.15) is 0 Å². The van der Waals surface area contributed by atoms with Crippen LogP contribution in [0.5, 0.6) is 5.75 Å². The molecule has 2 aliphatic heterocycles. The van der Waals surface area contributed by atoms with E-state index in [9.17, 15) is 0 Å². The molecule has 0 amide bonds. The topological polar surface area (TPSA) is 24.5 Å². The van der Waals surface area contributed by atoms with Crippen molar-refractivity contribution in [1.29, 1.82) is 0 Å². The van der Waals surface area contributed by atoms with Crippen molar-refractivity contribution in [2.24, 2.45) is 0 Å². The molecule has 0 radical (unpaired) electrons. The summed E-state index contributed by atoms with van der Waals surface area (Å²) in [6, 6.07) is 4.40. The first-order chi connectivity index (χ1) is 8.25. The zero-order valence-corrected chi connectivity index (χ0v) is 11.7. The maximum absolute atomic E-state index is 6.05. The van der Waals surface area contributed by atoms with Crippen LogP contribution in [-0.2, 0) is 0 Å². The van der Waals surface area contributed by atoms with Gasteiger partial charge in [-0.3, -0.25) is 0 Å². The molecule has 1 aromatic rings. The van der Waals surface area contributed by atoms with E-state index in [1.165, 1.54) is 6.42 Å². The Labute approximate surface area is 114 Å². The summed E-state index contributed by atoms with van der Waals surface area (Å²) in [6.07, 6.45) is 1.19. The Morgan fingerprint density at radius 2 is 2.35 bits per heavy atom. The van der Waals surface area contributed by atoms with Gasteiger partial charge in [-0.05, 0) is 35.0 Å². The summed E-state index contributed by atoms with van der Waals surface area (Å²) < 4.78 is 6.72. The molecule has 0 aromatic heterocycles. The van der Waals surface area contributed by atoms with Crippen LogP contribution >= 0.6 is 27.5 Å². The van der Waals surface area contributed by atoms with Crippen molar-refractivity contribution in [3.63, 3.8) is 0 Å². The SMILES string of the molecule is Clc1cc(Br)c2c(c1)OCCN2C1CCNC1. The summed E-state index contributed by atoms with van der Waals surface area (Å²) in [4.78, 5) is 2.43. The molecule has 3 nitrogen and oxygen atoms in total. The van der Waals surface area contributed by atoms with Gasteiger partial charge in [-0.25, -0.2) is 0 Å². The van der Waals surface area contributed by atoms with E-state index >= 15 is 0 Å². The van der Waals surface area contributed by atoms with Gasteiger partial charge in [0.15, 0.2) is 0 Å². The molecule has 1 atom stereocenters. The minimum atomic E-state index is 0.565. The molecule has 3 rings (SSSR count). The first-order valence-corrected chi connectivity index (χ1v) is 7.02. The van der Waals surface area contributed by atoms with Crippen molar-refractivity contribution in [2.45, 2.75) is 12.5 Å². The first kappa shape index (κ1) is 11.6. The predicted molar refractivity (Wildman–Crippen MR) is 73.3 cm³/mol. The molecule has 1 unspecified atom stereocenters. The van der Waals surface area contributed by atoms with E-state index in [0.717, 1.165) is 42.2 Å². The molecule has 17 heavy (non-hydrogen) atoms. The zero-order chi connectivity index (χ0) is 11.8. The number of halogens is 2. The second-order valence-electron chi connectivity index (χ2n) is 4.42. The lowest BCUT2D eigenvalue weighted by Gasteiger charge is -2.36. The van der Waals surface area contributed by atoms with Gasteiger partial charge in [0, 0.05) is 28.1 Å². The second-order valence-corrected chi connectivity index (χ2v) is 5.71. The summed E-state index contributed by atoms with van der Waals surface area (Å²) in [5, 5.41) is 4.12. The van der Waals surface area contributed by atoms with Crippen molar-refractivity contribution in [3.8, 4) is 5.75 Å². The maximum atomic E-state index is 6.05. The highest BCUT2D eigenvalue weighted by atomic mass is 79.9. The van der Waals surface area contributed by atoms with E-state index in [4.69, 9.17) is 16.3 Å². The molecule has 0 aliphatic carbocycles. The van der Waals surface area contributed by atoms with Crippen molar-refractivity contribution in [3.05, 3.63) is 21.6 Å². The number of nitrogens with one attached hydrogen (secondary N) is 1. The molecule has 1 saturated heterocycles. The van der Waals surface area contributed by atoms with Gasteiger partial charge >= 0.3 is 0 Å². The van der Waals surface area contributed by atoms with E-state index in [1.807, 2.05) is 12.1 Å². The molecule has 0 bridgehead atoms. The average molecular weight is 318 g/mol. The summed E-state index contributed by atoms with van der Waals surface area (Å²) in [5.74, 6) is 0.891. The Bertz CT molecular complexity index is 435. The zero-order valence-electron chi connectivity index (χ0n) is 9.38. The number of hydrogen-bond acceptors (Lipinski definition) is 3. The van der Waals surface area contributed by atoms with Gasteiger partial charge in [0.25, 0.3) is 0 Å². The largest absolute Gasteiger partial charge is 0.489 e. The minimum Gasteiger partial charge on any atom is -0.489 e. The highest BCUT2D eigenvalue weighted by molar-refractivity contribution is 9.10. The maximum Gasteiger partial charge on any atom is 0.145 e. The lowest BCUT2D eigenvalue weighted by molar-refractivity contribution is 0.301. The normalized spacial score (nSPS) is 23.4. The fourth-order valence-corrected chi connectivity index (χ4v) is 3.58. The van der Waals surface area contributed by atoms with Gasteiger partial charge in [0.2, 0.25) is 0 Å². The second kappa shape index (κ2) is 4.67. The summed E-state index contributed by atoms with van der Waals surface area (Å²) in [7, 11) is 0. The summed E-state index contributed by atoms with van der Waals surface area (Å²) in [5.41, 5.74) is 1.15. The Morgan fingerprint density at radius 1 is 1.47 bits per heavy atom. The monoisotopic (exact) mass is 316 g/mol. The van der Waals surface area contributed by atoms with Gasteiger partial charge in [0.05, 0.1) is 12.2 Å². The van der Waals surface area contributed by atoms with Crippen LogP contribution in [0.3, 0.4) is 0 Å². The quantitative estimate of drug-likeness (QED) is 0.862. The van der Waals surface area contributed by atoms with Crippen LogP contribution in [0.4, 0.5) is 5.69 Å². The van der Waals surface area contributed by atoms with Crippen LogP contribution in [-0.4, -0.2) is 32.3 Å². The smallest absolute Gasteiger partial charge is 0.145 e. The molecule has 0 saturated carbocycles. The van der Waals surface area contributed by atoms with Crippen molar-refractivity contribution < 1.29 is 4.74 Å². The van der Waals surface area contributed by atoms with Gasteiger partial charge < -0.3 is 15.0 Å². The van der Waals surface area contributed by atoms with Crippen molar-refractivity contribution in [2.75, 3.05) is 31.1 Å². The van der Waals surface area contributed by atoms with Crippen molar-refractivity contribution >= 4 is 33.2 Å². The Morgan fingerprint density at radius 3 is 3.12 bits per heavy atom. The molecule has 0 spiro atoms. The average Bonchev–Trinajstić information content (AvgIpc) is 2.80. The predicted octanol–water partition coefficient (Wildman–Crippen LogP) is 2.66. The highest BCUT2D eigenvalue weighted by Gasteiger charge is 2.29. The minimum absolute atomic E-state index is 0.565. The molecule has 1 N–H and O–H groups in total. The first-order valence-electron chi connectivity index (χ1n) is 5.85. The third-order valence-electron chi connectivity index (χ3n) is 3.35. The van der Waals surface area contributed by atoms with Crippen LogP contribution in [0.1, 0.15) is 6.42 Å². The van der Waals surface area contributed by atoms with Crippen LogP contribution in [0.25, 0.3) is 0 Å². The fourth-order valence-electron chi connectivity index (χ4n) is 2.57. The Hall–Kier alpha value is -0.450. The molecule has 2 heterocycles. The number of nitrogens with zero attached hydrogens (tertiary/aromatic N) is 1. The van der Waals surface area contributed by atoms with Crippen LogP contribution in [0.2, 0.25) is 5.02 Å². The van der Waals surface area contributed by atoms with Gasteiger partial charge in [-0.15, -0.1) is 0 Å². The Balaban J connectivity index is 2.00. The molecule has 5 heteroatoms. The van der Waals surface area contributed by atoms with Crippen LogP contribution in [0.15, 0.2) is 16.6 Å². The third kappa shape index (κ3) is 2.14. The number of hydrogen-bond donors (Lipinski definition) is 1. The highest BCUT2D eigenvalue weighted by Crippen LogP contribution is 2.42. The molecule has 2 aliphatic rings. The number of ether oxygens (including phenoxy) is 1. The fraction of sp³-hybridized carbons (Fsp3) is 0.500. The number of fused-ring (bicyclic) bond motifs is 1. The molecule has 1 fully saturated rings. The molecule has 92 valence electrons. The summed E-state index contributed by atoms with van der Waals surface area (Å²) >= 11 is 9.64. The number of anilines is 1. The van der Waals surface area contributed by atoms with E-state index in [2.05, 4.69) is 26.1 Å². The number of rotatable bonds is 1. The van der Waals surface area contributed by atoms with Gasteiger partial charge in [-0.1, -0.05) is 11.6 Å². The van der Waals surface area contributed by atoms with E-state index in [0.29, 0.717) is 11.1 Å². The van der Waals surface area contributed by atoms with E-state index in [1.54, 1.807) is 0 Å². The van der Waals surface area contributed by atoms with E-state index < -0.39 is 0 Å². The van der Waals surface area contributed by atoms with Crippen LogP contribution in [0, 0.1) is 0 Å². The van der Waals surface area contributed by atoms with E-state index in [-0.39, 0.29) is 0 Å². The number of benzene rings is 1. The lowest BCUT2D eigenvalue weighted by Crippen LogP contribution is -2.42. The molecule has 1 aromatic carbocycles. The summed E-state index contributed by atoms with van der Waals surface area (Å²) in [6.45, 7) is 3.83. The standard InChI is InChI=1S/C12H14BrClN2O/c13-10-5-8(14)6-11-12(10)16(3-4-17-11)9-1-2-15-7-9/h5-6,9,15H,1-4,7H2. The molecular weight excluding hydrogens is 304 g/mol. The van der Waals surface area contributed by atoms with Crippen LogP contribution < -0.4 is 15.0 Å². The molecular formula is C12H14BrClN2O. The van der Waals surface area contributed by atoms with Gasteiger partial charge in [0.1, 0.15) is 12.4 Å². The van der Waals surface area contributed by atoms with Crippen molar-refractivity contribution in [1.82, 2.24) is 5.32 Å².